The van der Waals surface area contributed by atoms with Gasteiger partial charge in [-0.2, -0.15) is 9.78 Å². The number of ether oxygens (including phenoxy) is 1. The highest BCUT2D eigenvalue weighted by Crippen LogP contribution is 2.18. The smallest absolute Gasteiger partial charge is 0.435 e. The van der Waals surface area contributed by atoms with E-state index in [1.54, 1.807) is 63.6 Å². The molecule has 0 aliphatic rings. The predicted octanol–water partition coefficient (Wildman–Crippen LogP) is 4.61. The van der Waals surface area contributed by atoms with Crippen molar-refractivity contribution in [3.8, 4) is 23.4 Å². The predicted molar refractivity (Wildman–Crippen MR) is 142 cm³/mol. The van der Waals surface area contributed by atoms with Crippen LogP contribution in [0.3, 0.4) is 0 Å². The molecule has 39 heavy (non-hydrogen) atoms. The monoisotopic (exact) mass is 522 g/mol. The number of fused-ring (bicyclic) bond motifs is 1. The van der Waals surface area contributed by atoms with Crippen molar-refractivity contribution < 1.29 is 13.9 Å². The van der Waals surface area contributed by atoms with E-state index in [2.05, 4.69) is 47.2 Å². The fraction of sp³-hybridized carbons (Fsp3) is 0.179. The first-order chi connectivity index (χ1) is 18.7. The molecule has 4 aromatic heterocycles. The number of benzene rings is 1. The van der Waals surface area contributed by atoms with Crippen LogP contribution in [0.2, 0.25) is 0 Å². The van der Waals surface area contributed by atoms with E-state index in [1.165, 1.54) is 23.0 Å². The van der Waals surface area contributed by atoms with Gasteiger partial charge in [-0.3, -0.25) is 4.98 Å². The summed E-state index contributed by atoms with van der Waals surface area (Å²) in [5, 5.41) is 7.94. The van der Waals surface area contributed by atoms with Crippen molar-refractivity contribution in [1.82, 2.24) is 34.7 Å². The zero-order valence-corrected chi connectivity index (χ0v) is 21.4. The molecule has 0 saturated heterocycles. The molecule has 0 unspecified atom stereocenters. The van der Waals surface area contributed by atoms with Crippen LogP contribution >= 0.6 is 0 Å². The summed E-state index contributed by atoms with van der Waals surface area (Å²) in [6, 6.07) is 11.4. The van der Waals surface area contributed by atoms with Gasteiger partial charge in [0.1, 0.15) is 22.8 Å². The van der Waals surface area contributed by atoms with Crippen LogP contribution in [-0.4, -0.2) is 46.4 Å². The fourth-order valence-corrected chi connectivity index (χ4v) is 3.53. The van der Waals surface area contributed by atoms with Gasteiger partial charge in [0.25, 0.3) is 0 Å². The highest BCUT2D eigenvalue weighted by atomic mass is 19.1. The average molecular weight is 523 g/mol. The molecule has 10 nitrogen and oxygen atoms in total. The maximum Gasteiger partial charge on any atom is 0.435 e. The number of hydrogen-bond acceptors (Lipinski definition) is 9. The lowest BCUT2D eigenvalue weighted by Crippen LogP contribution is -2.27. The van der Waals surface area contributed by atoms with Gasteiger partial charge in [0.2, 0.25) is 5.95 Å². The molecule has 0 atom stereocenters. The van der Waals surface area contributed by atoms with E-state index in [4.69, 9.17) is 4.74 Å². The van der Waals surface area contributed by atoms with E-state index < -0.39 is 11.7 Å². The van der Waals surface area contributed by atoms with Crippen LogP contribution in [0.1, 0.15) is 37.7 Å². The van der Waals surface area contributed by atoms with Crippen LogP contribution in [-0.2, 0) is 11.3 Å². The second kappa shape index (κ2) is 10.6. The van der Waals surface area contributed by atoms with Crippen LogP contribution in [0.15, 0.2) is 67.3 Å². The van der Waals surface area contributed by atoms with E-state index in [0.717, 1.165) is 10.9 Å². The van der Waals surface area contributed by atoms with Crippen LogP contribution < -0.4 is 5.32 Å². The molecule has 0 aliphatic carbocycles. The zero-order valence-electron chi connectivity index (χ0n) is 21.4. The molecule has 0 radical (unpaired) electrons. The van der Waals surface area contributed by atoms with Crippen molar-refractivity contribution in [1.29, 1.82) is 0 Å². The van der Waals surface area contributed by atoms with Crippen molar-refractivity contribution in [3.63, 3.8) is 0 Å². The average Bonchev–Trinajstić information content (AvgIpc) is 3.34. The SMILES string of the molecule is CC(C)(C)OC(=O)n1ncc2cc(C#Cc3ccnc(-c4ccnc(NCc5cc(F)ccn5)n4)n3)ccc21. The number of nitrogens with one attached hydrogen (secondary N) is 1. The summed E-state index contributed by atoms with van der Waals surface area (Å²) in [5.74, 6) is 6.48. The standard InChI is InChI=1S/C28H23FN8O2/c1-28(2,3)39-27(38)37-24-7-5-18(14-19(24)16-34-37)4-6-21-9-12-31-25(35-21)23-10-13-32-26(36-23)33-17-22-15-20(29)8-11-30-22/h5,7-16H,17H2,1-3H3,(H,32,33,36). The number of anilines is 1. The molecule has 11 heteroatoms. The highest BCUT2D eigenvalue weighted by Gasteiger charge is 2.20. The number of carbonyl (C=O) groups excluding carboxylic acids is 1. The Morgan fingerprint density at radius 3 is 2.64 bits per heavy atom. The Hall–Kier alpha value is -5.24. The number of aromatic nitrogens is 7. The summed E-state index contributed by atoms with van der Waals surface area (Å²) < 4.78 is 20.0. The van der Waals surface area contributed by atoms with Gasteiger partial charge in [-0.05, 0) is 69.2 Å². The first-order valence-corrected chi connectivity index (χ1v) is 12.0. The third kappa shape index (κ3) is 6.37. The Balaban J connectivity index is 1.32. The lowest BCUT2D eigenvalue weighted by molar-refractivity contribution is 0.0522. The first-order valence-electron chi connectivity index (χ1n) is 12.0. The molecule has 0 aliphatic heterocycles. The number of carbonyl (C=O) groups is 1. The van der Waals surface area contributed by atoms with Crippen molar-refractivity contribution in [2.24, 2.45) is 0 Å². The minimum Gasteiger partial charge on any atom is -0.442 e. The topological polar surface area (TPSA) is 121 Å². The molecule has 1 aromatic carbocycles. The first kappa shape index (κ1) is 25.4. The maximum absolute atomic E-state index is 13.4. The van der Waals surface area contributed by atoms with Crippen LogP contribution in [0.25, 0.3) is 22.4 Å². The summed E-state index contributed by atoms with van der Waals surface area (Å²) >= 11 is 0. The van der Waals surface area contributed by atoms with E-state index in [9.17, 15) is 9.18 Å². The number of pyridine rings is 1. The second-order valence-electron chi connectivity index (χ2n) is 9.41. The molecule has 0 fully saturated rings. The van der Waals surface area contributed by atoms with Crippen LogP contribution in [0.4, 0.5) is 15.1 Å². The maximum atomic E-state index is 13.4. The quantitative estimate of drug-likeness (QED) is 0.337. The van der Waals surface area contributed by atoms with Gasteiger partial charge in [-0.25, -0.2) is 29.1 Å². The van der Waals surface area contributed by atoms with Crippen molar-refractivity contribution >= 4 is 22.9 Å². The summed E-state index contributed by atoms with van der Waals surface area (Å²) in [6.07, 6.45) is 5.64. The number of halogens is 1. The summed E-state index contributed by atoms with van der Waals surface area (Å²) in [6.45, 7) is 5.66. The molecule has 4 heterocycles. The summed E-state index contributed by atoms with van der Waals surface area (Å²) in [5.41, 5.74) is 2.25. The summed E-state index contributed by atoms with van der Waals surface area (Å²) in [7, 11) is 0. The molecular weight excluding hydrogens is 499 g/mol. The minimum atomic E-state index is -0.624. The van der Waals surface area contributed by atoms with Crippen molar-refractivity contribution in [3.05, 3.63) is 90.0 Å². The van der Waals surface area contributed by atoms with Gasteiger partial charge in [-0.1, -0.05) is 5.92 Å². The number of nitrogens with zero attached hydrogens (tertiary/aromatic N) is 7. The fourth-order valence-electron chi connectivity index (χ4n) is 3.53. The van der Waals surface area contributed by atoms with Gasteiger partial charge < -0.3 is 10.1 Å². The number of rotatable bonds is 4. The molecule has 0 amide bonds. The lowest BCUT2D eigenvalue weighted by atomic mass is 10.1. The van der Waals surface area contributed by atoms with Gasteiger partial charge in [-0.15, -0.1) is 0 Å². The largest absolute Gasteiger partial charge is 0.442 e. The molecule has 1 N–H and O–H groups in total. The lowest BCUT2D eigenvalue weighted by Gasteiger charge is -2.19. The van der Waals surface area contributed by atoms with Crippen LogP contribution in [0, 0.1) is 17.7 Å². The molecule has 5 aromatic rings. The second-order valence-corrected chi connectivity index (χ2v) is 9.41. The molecule has 0 spiro atoms. The molecule has 0 saturated carbocycles. The third-order valence-corrected chi connectivity index (χ3v) is 5.22. The van der Waals surface area contributed by atoms with E-state index >= 15 is 0 Å². The number of hydrogen-bond donors (Lipinski definition) is 1. The molecule has 5 rings (SSSR count). The molecule has 194 valence electrons. The Bertz CT molecular complexity index is 1730. The third-order valence-electron chi connectivity index (χ3n) is 5.22. The Labute approximate surface area is 223 Å². The van der Waals surface area contributed by atoms with Crippen molar-refractivity contribution in [2.75, 3.05) is 5.32 Å². The van der Waals surface area contributed by atoms with Gasteiger partial charge >= 0.3 is 6.09 Å². The molecular formula is C28H23FN8O2. The Morgan fingerprint density at radius 1 is 1.00 bits per heavy atom. The van der Waals surface area contributed by atoms with Gasteiger partial charge in [0.15, 0.2) is 5.82 Å². The van der Waals surface area contributed by atoms with E-state index in [0.29, 0.717) is 34.4 Å². The van der Waals surface area contributed by atoms with Gasteiger partial charge in [0, 0.05) is 29.5 Å². The minimum absolute atomic E-state index is 0.259. The van der Waals surface area contributed by atoms with Crippen molar-refractivity contribution in [2.45, 2.75) is 32.9 Å². The summed E-state index contributed by atoms with van der Waals surface area (Å²) in [4.78, 5) is 34.0. The Morgan fingerprint density at radius 2 is 1.82 bits per heavy atom. The van der Waals surface area contributed by atoms with Crippen LogP contribution in [0.5, 0.6) is 0 Å². The van der Waals surface area contributed by atoms with E-state index in [1.807, 2.05) is 6.07 Å². The van der Waals surface area contributed by atoms with Gasteiger partial charge in [0.05, 0.1) is 24.0 Å². The molecule has 0 bridgehead atoms. The Kier molecular flexibility index (Phi) is 6.93. The normalized spacial score (nSPS) is 11.1. The zero-order chi connectivity index (χ0) is 27.4. The highest BCUT2D eigenvalue weighted by molar-refractivity contribution is 5.88. The van der Waals surface area contributed by atoms with E-state index in [-0.39, 0.29) is 12.4 Å².